The van der Waals surface area contributed by atoms with Crippen LogP contribution in [0.1, 0.15) is 12.8 Å². The average Bonchev–Trinajstić information content (AvgIpc) is 3.47. The molecular weight excluding hydrogens is 358 g/mol. The Hall–Kier alpha value is -1.38. The maximum atomic E-state index is 11.2. The van der Waals surface area contributed by atoms with Gasteiger partial charge in [-0.15, -0.1) is 0 Å². The standard InChI is InChI=1S/C21H31N3O4/c1-26-16-5-3-2-4-15(16)23-8-10-24(11-9-23)19-20(25)18(22-12-14-6-7-14)17-13-27-21(19)28-17/h2-5,14,17-22,25H,6-13H2,1H3/t17-,18-,19-,20+,21-/m1/s1. The van der Waals surface area contributed by atoms with Crippen LogP contribution in [0.4, 0.5) is 5.69 Å². The average molecular weight is 389 g/mol. The van der Waals surface area contributed by atoms with Crippen molar-refractivity contribution >= 4 is 5.69 Å². The van der Waals surface area contributed by atoms with Crippen LogP contribution in [-0.4, -0.2) is 87.0 Å². The predicted molar refractivity (Wildman–Crippen MR) is 106 cm³/mol. The van der Waals surface area contributed by atoms with E-state index in [0.29, 0.717) is 6.61 Å². The van der Waals surface area contributed by atoms with Gasteiger partial charge >= 0.3 is 0 Å². The number of piperazine rings is 1. The highest BCUT2D eigenvalue weighted by molar-refractivity contribution is 5.58. The van der Waals surface area contributed by atoms with Crippen molar-refractivity contribution in [3.8, 4) is 5.75 Å². The summed E-state index contributed by atoms with van der Waals surface area (Å²) in [7, 11) is 1.72. The molecule has 154 valence electrons. The SMILES string of the molecule is COc1ccccc1N1CCN([C@H]2[C@@H]3OC[C@@H](O3)[C@@H](NCC3CC3)[C@@H]2O)CC1. The van der Waals surface area contributed by atoms with Crippen molar-refractivity contribution < 1.29 is 19.3 Å². The maximum absolute atomic E-state index is 11.2. The van der Waals surface area contributed by atoms with E-state index in [1.54, 1.807) is 7.11 Å². The molecule has 3 aliphatic heterocycles. The first-order valence-electron chi connectivity index (χ1n) is 10.5. The number of hydrogen-bond acceptors (Lipinski definition) is 7. The van der Waals surface area contributed by atoms with Gasteiger partial charge in [0.05, 0.1) is 37.6 Å². The molecule has 5 atom stereocenters. The lowest BCUT2D eigenvalue weighted by Gasteiger charge is -2.47. The number of aliphatic hydroxyl groups excluding tert-OH is 1. The van der Waals surface area contributed by atoms with Crippen LogP contribution >= 0.6 is 0 Å². The minimum absolute atomic E-state index is 0.0372. The van der Waals surface area contributed by atoms with Gasteiger partial charge in [-0.25, -0.2) is 0 Å². The highest BCUT2D eigenvalue weighted by Gasteiger charge is 2.52. The van der Waals surface area contributed by atoms with E-state index in [1.165, 1.54) is 12.8 Å². The summed E-state index contributed by atoms with van der Waals surface area (Å²) in [5.41, 5.74) is 1.13. The van der Waals surface area contributed by atoms with Gasteiger partial charge in [-0.2, -0.15) is 0 Å². The normalized spacial score (nSPS) is 35.9. The molecule has 0 amide bonds. The molecule has 1 aromatic carbocycles. The molecule has 3 saturated heterocycles. The van der Waals surface area contributed by atoms with Gasteiger partial charge in [0.2, 0.25) is 0 Å². The van der Waals surface area contributed by atoms with Crippen LogP contribution in [0.5, 0.6) is 5.75 Å². The summed E-state index contributed by atoms with van der Waals surface area (Å²) in [6, 6.07) is 7.99. The molecule has 3 heterocycles. The first-order valence-corrected chi connectivity index (χ1v) is 10.5. The second-order valence-electron chi connectivity index (χ2n) is 8.43. The lowest BCUT2D eigenvalue weighted by molar-refractivity contribution is -0.183. The lowest BCUT2D eigenvalue weighted by Crippen LogP contribution is -2.66. The van der Waals surface area contributed by atoms with Crippen molar-refractivity contribution in [1.29, 1.82) is 0 Å². The largest absolute Gasteiger partial charge is 0.495 e. The Morgan fingerprint density at radius 2 is 1.96 bits per heavy atom. The van der Waals surface area contributed by atoms with Gasteiger partial charge in [-0.05, 0) is 37.4 Å². The topological polar surface area (TPSA) is 66.4 Å². The number of nitrogens with one attached hydrogen (secondary N) is 1. The molecule has 0 spiro atoms. The van der Waals surface area contributed by atoms with E-state index in [4.69, 9.17) is 14.2 Å². The highest BCUT2D eigenvalue weighted by Crippen LogP contribution is 2.34. The van der Waals surface area contributed by atoms with Gasteiger partial charge in [0.25, 0.3) is 0 Å². The van der Waals surface area contributed by atoms with E-state index < -0.39 is 6.10 Å². The first-order chi connectivity index (χ1) is 13.7. The Labute approximate surface area is 166 Å². The fraction of sp³-hybridized carbons (Fsp3) is 0.714. The third kappa shape index (κ3) is 3.50. The number of benzene rings is 1. The molecule has 1 saturated carbocycles. The fourth-order valence-corrected chi connectivity index (χ4v) is 4.82. The summed E-state index contributed by atoms with van der Waals surface area (Å²) in [5, 5.41) is 14.7. The van der Waals surface area contributed by atoms with E-state index in [9.17, 15) is 5.11 Å². The molecule has 1 aromatic rings. The predicted octanol–water partition coefficient (Wildman–Crippen LogP) is 0.670. The molecule has 2 bridgehead atoms. The molecule has 0 unspecified atom stereocenters. The Morgan fingerprint density at radius 1 is 1.18 bits per heavy atom. The van der Waals surface area contributed by atoms with E-state index in [2.05, 4.69) is 21.2 Å². The molecule has 1 aliphatic carbocycles. The Bertz CT molecular complexity index is 677. The van der Waals surface area contributed by atoms with Gasteiger partial charge in [-0.3, -0.25) is 4.90 Å². The van der Waals surface area contributed by atoms with Crippen molar-refractivity contribution in [2.75, 3.05) is 51.3 Å². The zero-order valence-electron chi connectivity index (χ0n) is 16.5. The molecule has 0 aromatic heterocycles. The number of anilines is 1. The summed E-state index contributed by atoms with van der Waals surface area (Å²) >= 11 is 0. The Kier molecular flexibility index (Phi) is 5.19. The van der Waals surface area contributed by atoms with Gasteiger partial charge in [-0.1, -0.05) is 12.1 Å². The van der Waals surface area contributed by atoms with E-state index in [0.717, 1.165) is 50.1 Å². The zero-order valence-corrected chi connectivity index (χ0v) is 16.5. The molecule has 7 nitrogen and oxygen atoms in total. The van der Waals surface area contributed by atoms with Crippen LogP contribution in [0.2, 0.25) is 0 Å². The second-order valence-corrected chi connectivity index (χ2v) is 8.43. The number of aliphatic hydroxyl groups is 1. The number of methoxy groups -OCH3 is 1. The van der Waals surface area contributed by atoms with Crippen molar-refractivity contribution in [2.24, 2.45) is 5.92 Å². The minimum Gasteiger partial charge on any atom is -0.495 e. The number of ether oxygens (including phenoxy) is 3. The van der Waals surface area contributed by atoms with Crippen LogP contribution < -0.4 is 15.0 Å². The van der Waals surface area contributed by atoms with Gasteiger partial charge in [0.1, 0.15) is 11.9 Å². The number of fused-ring (bicyclic) bond motifs is 2. The molecule has 4 fully saturated rings. The third-order valence-electron chi connectivity index (χ3n) is 6.63. The highest BCUT2D eigenvalue weighted by atomic mass is 16.7. The smallest absolute Gasteiger partial charge is 0.176 e. The van der Waals surface area contributed by atoms with Crippen molar-refractivity contribution in [3.05, 3.63) is 24.3 Å². The first kappa shape index (κ1) is 18.6. The van der Waals surface area contributed by atoms with Crippen LogP contribution in [-0.2, 0) is 9.47 Å². The van der Waals surface area contributed by atoms with Crippen LogP contribution in [0, 0.1) is 5.92 Å². The minimum atomic E-state index is -0.470. The summed E-state index contributed by atoms with van der Waals surface area (Å²) in [5.74, 6) is 1.68. The van der Waals surface area contributed by atoms with Gasteiger partial charge < -0.3 is 29.5 Å². The lowest BCUT2D eigenvalue weighted by atomic mass is 9.94. The van der Waals surface area contributed by atoms with Crippen molar-refractivity contribution in [2.45, 2.75) is 43.4 Å². The molecular formula is C21H31N3O4. The van der Waals surface area contributed by atoms with Crippen molar-refractivity contribution in [3.63, 3.8) is 0 Å². The van der Waals surface area contributed by atoms with Crippen molar-refractivity contribution in [1.82, 2.24) is 10.2 Å². The molecule has 0 radical (unpaired) electrons. The number of hydrogen-bond donors (Lipinski definition) is 2. The van der Waals surface area contributed by atoms with E-state index in [-0.39, 0.29) is 24.5 Å². The third-order valence-corrected chi connectivity index (χ3v) is 6.63. The number of para-hydroxylation sites is 2. The number of nitrogens with zero attached hydrogens (tertiary/aromatic N) is 2. The number of rotatable bonds is 6. The molecule has 2 N–H and O–H groups in total. The second kappa shape index (κ2) is 7.80. The molecule has 5 rings (SSSR count). The fourth-order valence-electron chi connectivity index (χ4n) is 4.82. The van der Waals surface area contributed by atoms with Crippen LogP contribution in [0.3, 0.4) is 0 Å². The summed E-state index contributed by atoms with van der Waals surface area (Å²) in [6.45, 7) is 5.05. The monoisotopic (exact) mass is 389 g/mol. The van der Waals surface area contributed by atoms with Crippen LogP contribution in [0.25, 0.3) is 0 Å². The summed E-state index contributed by atoms with van der Waals surface area (Å²) in [6.07, 6.45) is 1.77. The van der Waals surface area contributed by atoms with Crippen LogP contribution in [0.15, 0.2) is 24.3 Å². The maximum Gasteiger partial charge on any atom is 0.176 e. The van der Waals surface area contributed by atoms with Gasteiger partial charge in [0.15, 0.2) is 6.29 Å². The quantitative estimate of drug-likeness (QED) is 0.741. The zero-order chi connectivity index (χ0) is 19.1. The summed E-state index contributed by atoms with van der Waals surface area (Å²) in [4.78, 5) is 4.70. The van der Waals surface area contributed by atoms with E-state index in [1.807, 2.05) is 18.2 Å². The summed E-state index contributed by atoms with van der Waals surface area (Å²) < 4.78 is 17.6. The molecule has 4 aliphatic rings. The Morgan fingerprint density at radius 3 is 2.71 bits per heavy atom. The molecule has 28 heavy (non-hydrogen) atoms. The molecule has 7 heteroatoms. The Balaban J connectivity index is 1.25. The van der Waals surface area contributed by atoms with E-state index >= 15 is 0 Å². The van der Waals surface area contributed by atoms with Gasteiger partial charge in [0, 0.05) is 26.2 Å².